The van der Waals surface area contributed by atoms with Crippen LogP contribution < -0.4 is 11.1 Å². The van der Waals surface area contributed by atoms with Gasteiger partial charge in [-0.05, 0) is 20.0 Å². The Morgan fingerprint density at radius 2 is 2.18 bits per heavy atom. The molecule has 17 heavy (non-hydrogen) atoms. The lowest BCUT2D eigenvalue weighted by atomic mass is 10.2. The lowest BCUT2D eigenvalue weighted by molar-refractivity contribution is 0.346. The monoisotopic (exact) mass is 235 g/mol. The summed E-state index contributed by atoms with van der Waals surface area (Å²) in [4.78, 5) is 2.23. The highest BCUT2D eigenvalue weighted by Crippen LogP contribution is 2.01. The molecule has 0 spiro atoms. The maximum atomic E-state index is 5.54. The summed E-state index contributed by atoms with van der Waals surface area (Å²) in [5.41, 5.74) is 7.06. The van der Waals surface area contributed by atoms with Gasteiger partial charge >= 0.3 is 0 Å². The van der Waals surface area contributed by atoms with E-state index in [1.54, 1.807) is 0 Å². The van der Waals surface area contributed by atoms with Crippen LogP contribution >= 0.6 is 0 Å². The van der Waals surface area contributed by atoms with E-state index in [-0.39, 0.29) is 6.04 Å². The molecule has 0 heterocycles. The van der Waals surface area contributed by atoms with E-state index in [2.05, 4.69) is 43.3 Å². The fourth-order valence-electron chi connectivity index (χ4n) is 1.54. The van der Waals surface area contributed by atoms with Gasteiger partial charge < -0.3 is 16.0 Å². The van der Waals surface area contributed by atoms with E-state index in [0.717, 1.165) is 18.8 Å². The standard InChI is InChI=1S/C14H25N3/c1-6-8-9-17(5)11-13(4)16-14(7-2)10-12(3)15/h2,14,16H,3-4,6,8-11,15H2,1,5H3. The number of likely N-dealkylation sites (N-methyl/N-ethyl adjacent to an activating group) is 1. The van der Waals surface area contributed by atoms with Crippen LogP contribution in [0, 0.1) is 12.3 Å². The zero-order valence-corrected chi connectivity index (χ0v) is 11.1. The second-order valence-corrected chi connectivity index (χ2v) is 4.42. The molecule has 0 rings (SSSR count). The SMILES string of the molecule is C#CC(CC(=C)N)NC(=C)CN(C)CCCC. The first-order valence-electron chi connectivity index (χ1n) is 6.01. The molecule has 3 heteroatoms. The fourth-order valence-corrected chi connectivity index (χ4v) is 1.54. The second kappa shape index (κ2) is 8.72. The molecule has 0 aliphatic heterocycles. The third kappa shape index (κ3) is 8.41. The van der Waals surface area contributed by atoms with Crippen molar-refractivity contribution in [3.8, 4) is 12.3 Å². The number of nitrogens with zero attached hydrogens (tertiary/aromatic N) is 1. The normalized spacial score (nSPS) is 11.9. The van der Waals surface area contributed by atoms with Gasteiger partial charge in [-0.1, -0.05) is 32.4 Å². The highest BCUT2D eigenvalue weighted by Gasteiger charge is 2.07. The second-order valence-electron chi connectivity index (χ2n) is 4.42. The summed E-state index contributed by atoms with van der Waals surface area (Å²) in [6, 6.07) is -0.112. The predicted octanol–water partition coefficient (Wildman–Crippen LogP) is 1.69. The number of nitrogens with one attached hydrogen (secondary N) is 1. The van der Waals surface area contributed by atoms with Crippen molar-refractivity contribution in [2.24, 2.45) is 5.73 Å². The highest BCUT2D eigenvalue weighted by atomic mass is 15.1. The van der Waals surface area contributed by atoms with E-state index < -0.39 is 0 Å². The third-order valence-electron chi connectivity index (χ3n) is 2.40. The maximum Gasteiger partial charge on any atom is 0.0926 e. The van der Waals surface area contributed by atoms with E-state index >= 15 is 0 Å². The number of nitrogens with two attached hydrogens (primary N) is 1. The lowest BCUT2D eigenvalue weighted by Gasteiger charge is -2.21. The van der Waals surface area contributed by atoms with E-state index in [0.29, 0.717) is 12.1 Å². The minimum Gasteiger partial charge on any atom is -0.402 e. The Morgan fingerprint density at radius 1 is 1.53 bits per heavy atom. The van der Waals surface area contributed by atoms with Crippen molar-refractivity contribution in [3.63, 3.8) is 0 Å². The van der Waals surface area contributed by atoms with Crippen LogP contribution in [0.25, 0.3) is 0 Å². The van der Waals surface area contributed by atoms with Crippen LogP contribution in [-0.2, 0) is 0 Å². The van der Waals surface area contributed by atoms with Crippen LogP contribution in [0.5, 0.6) is 0 Å². The summed E-state index contributed by atoms with van der Waals surface area (Å²) >= 11 is 0. The van der Waals surface area contributed by atoms with Crippen LogP contribution in [0.15, 0.2) is 24.6 Å². The van der Waals surface area contributed by atoms with Gasteiger partial charge in [0.25, 0.3) is 0 Å². The van der Waals surface area contributed by atoms with Crippen LogP contribution in [-0.4, -0.2) is 31.1 Å². The Hall–Kier alpha value is -1.40. The molecule has 0 aromatic carbocycles. The van der Waals surface area contributed by atoms with Gasteiger partial charge in [0, 0.05) is 24.4 Å². The Bertz CT molecular complexity index is 288. The van der Waals surface area contributed by atoms with Crippen molar-refractivity contribution in [1.29, 1.82) is 0 Å². The maximum absolute atomic E-state index is 5.54. The number of unbranched alkanes of at least 4 members (excludes halogenated alkanes) is 1. The zero-order chi connectivity index (χ0) is 13.3. The first kappa shape index (κ1) is 15.6. The van der Waals surface area contributed by atoms with Crippen LogP contribution in [0.3, 0.4) is 0 Å². The lowest BCUT2D eigenvalue weighted by Crippen LogP contribution is -2.33. The molecule has 0 saturated carbocycles. The molecule has 0 amide bonds. The Morgan fingerprint density at radius 3 is 2.65 bits per heavy atom. The van der Waals surface area contributed by atoms with Gasteiger partial charge in [0.15, 0.2) is 0 Å². The predicted molar refractivity (Wildman–Crippen MR) is 75.2 cm³/mol. The van der Waals surface area contributed by atoms with E-state index in [1.807, 2.05) is 0 Å². The molecule has 0 bridgehead atoms. The Kier molecular flexibility index (Phi) is 8.00. The smallest absolute Gasteiger partial charge is 0.0926 e. The van der Waals surface area contributed by atoms with Gasteiger partial charge in [-0.25, -0.2) is 0 Å². The number of hydrogen-bond acceptors (Lipinski definition) is 3. The van der Waals surface area contributed by atoms with Crippen LogP contribution in [0.2, 0.25) is 0 Å². The van der Waals surface area contributed by atoms with Gasteiger partial charge in [0.05, 0.1) is 6.04 Å². The summed E-state index contributed by atoms with van der Waals surface area (Å²) in [5, 5.41) is 3.19. The first-order valence-corrected chi connectivity index (χ1v) is 6.01. The van der Waals surface area contributed by atoms with Gasteiger partial charge in [-0.15, -0.1) is 6.42 Å². The molecule has 3 nitrogen and oxygen atoms in total. The molecule has 1 unspecified atom stereocenters. The Balaban J connectivity index is 3.98. The Labute approximate surface area is 106 Å². The molecule has 0 fully saturated rings. The number of rotatable bonds is 9. The molecule has 0 aliphatic carbocycles. The van der Waals surface area contributed by atoms with Crippen molar-refractivity contribution in [3.05, 3.63) is 24.6 Å². The minimum absolute atomic E-state index is 0.112. The topological polar surface area (TPSA) is 41.3 Å². The van der Waals surface area contributed by atoms with Crippen LogP contribution in [0.4, 0.5) is 0 Å². The summed E-state index contributed by atoms with van der Waals surface area (Å²) in [6.45, 7) is 11.7. The van der Waals surface area contributed by atoms with Crippen molar-refractivity contribution in [1.82, 2.24) is 10.2 Å². The van der Waals surface area contributed by atoms with Crippen molar-refractivity contribution in [2.45, 2.75) is 32.2 Å². The van der Waals surface area contributed by atoms with Gasteiger partial charge in [0.1, 0.15) is 0 Å². The molecular formula is C14H25N3. The van der Waals surface area contributed by atoms with E-state index in [1.165, 1.54) is 12.8 Å². The summed E-state index contributed by atoms with van der Waals surface area (Å²) in [5.74, 6) is 2.65. The molecular weight excluding hydrogens is 210 g/mol. The van der Waals surface area contributed by atoms with Gasteiger partial charge in [-0.3, -0.25) is 0 Å². The van der Waals surface area contributed by atoms with E-state index in [4.69, 9.17) is 12.2 Å². The quantitative estimate of drug-likeness (QED) is 0.598. The first-order chi connectivity index (χ1) is 7.99. The average molecular weight is 235 g/mol. The van der Waals surface area contributed by atoms with Gasteiger partial charge in [-0.2, -0.15) is 0 Å². The van der Waals surface area contributed by atoms with Crippen molar-refractivity contribution < 1.29 is 0 Å². The largest absolute Gasteiger partial charge is 0.402 e. The highest BCUT2D eigenvalue weighted by molar-refractivity contribution is 5.11. The van der Waals surface area contributed by atoms with Gasteiger partial charge in [0.2, 0.25) is 0 Å². The average Bonchev–Trinajstić information content (AvgIpc) is 2.24. The van der Waals surface area contributed by atoms with Crippen LogP contribution in [0.1, 0.15) is 26.2 Å². The molecule has 0 aromatic heterocycles. The summed E-state index contributed by atoms with van der Waals surface area (Å²) in [7, 11) is 2.08. The molecule has 0 radical (unpaired) electrons. The number of hydrogen-bond donors (Lipinski definition) is 2. The number of terminal acetylenes is 1. The fraction of sp³-hybridized carbons (Fsp3) is 0.571. The molecule has 0 aliphatic rings. The van der Waals surface area contributed by atoms with E-state index in [9.17, 15) is 0 Å². The molecule has 3 N–H and O–H groups in total. The minimum atomic E-state index is -0.112. The summed E-state index contributed by atoms with van der Waals surface area (Å²) in [6.07, 6.45) is 8.39. The zero-order valence-electron chi connectivity index (χ0n) is 11.1. The van der Waals surface area contributed by atoms with Crippen molar-refractivity contribution >= 4 is 0 Å². The third-order valence-corrected chi connectivity index (χ3v) is 2.40. The molecule has 1 atom stereocenters. The molecule has 0 saturated heterocycles. The molecule has 96 valence electrons. The molecule has 0 aromatic rings. The van der Waals surface area contributed by atoms with Crippen molar-refractivity contribution in [2.75, 3.05) is 20.1 Å². The summed E-state index contributed by atoms with van der Waals surface area (Å²) < 4.78 is 0.